The van der Waals surface area contributed by atoms with Crippen LogP contribution in [0, 0.1) is 0 Å². The molecule has 0 unspecified atom stereocenters. The van der Waals surface area contributed by atoms with E-state index >= 15 is 0 Å². The van der Waals surface area contributed by atoms with Gasteiger partial charge in [0, 0.05) is 37.0 Å². The van der Waals surface area contributed by atoms with Crippen molar-refractivity contribution in [2.24, 2.45) is 0 Å². The molecule has 0 saturated carbocycles. The number of rotatable bonds is 5. The number of ether oxygens (including phenoxy) is 1. The van der Waals surface area contributed by atoms with E-state index in [-0.39, 0.29) is 5.91 Å². The number of carbonyl (C=O) groups excluding carboxylic acids is 1. The van der Waals surface area contributed by atoms with Crippen molar-refractivity contribution in [3.05, 3.63) is 77.1 Å². The maximum atomic E-state index is 12.8. The van der Waals surface area contributed by atoms with Crippen LogP contribution in [0.25, 0.3) is 5.69 Å². The molecule has 5 nitrogen and oxygen atoms in total. The second-order valence-electron chi connectivity index (χ2n) is 6.99. The van der Waals surface area contributed by atoms with E-state index in [1.54, 1.807) is 22.9 Å². The van der Waals surface area contributed by atoms with Crippen LogP contribution in [-0.2, 0) is 19.4 Å². The largest absolute Gasteiger partial charge is 0.497 e. The van der Waals surface area contributed by atoms with Crippen LogP contribution in [0.15, 0.2) is 54.9 Å². The highest BCUT2D eigenvalue weighted by molar-refractivity contribution is 5.94. The highest BCUT2D eigenvalue weighted by atomic mass is 16.5. The third-order valence-corrected chi connectivity index (χ3v) is 5.07. The number of nitrogens with zero attached hydrogens (tertiary/aromatic N) is 3. The first-order valence-corrected chi connectivity index (χ1v) is 9.19. The predicted octanol–water partition coefficient (Wildman–Crippen LogP) is 3.64. The Bertz CT molecular complexity index is 977. The van der Waals surface area contributed by atoms with Gasteiger partial charge in [0.1, 0.15) is 5.75 Å². The number of hydrogen-bond donors (Lipinski definition) is 0. The topological polar surface area (TPSA) is 47.4 Å². The lowest BCUT2D eigenvalue weighted by Gasteiger charge is -2.17. The van der Waals surface area contributed by atoms with E-state index < -0.39 is 0 Å². The van der Waals surface area contributed by atoms with Crippen molar-refractivity contribution in [1.82, 2.24) is 14.7 Å². The van der Waals surface area contributed by atoms with Crippen LogP contribution < -0.4 is 4.74 Å². The van der Waals surface area contributed by atoms with E-state index in [2.05, 4.69) is 17.2 Å². The zero-order chi connectivity index (χ0) is 18.8. The van der Waals surface area contributed by atoms with Crippen LogP contribution in [0.5, 0.6) is 5.75 Å². The maximum absolute atomic E-state index is 12.8. The monoisotopic (exact) mass is 361 g/mol. The summed E-state index contributed by atoms with van der Waals surface area (Å²) in [6.07, 6.45) is 7.13. The summed E-state index contributed by atoms with van der Waals surface area (Å²) in [6, 6.07) is 13.8. The van der Waals surface area contributed by atoms with Crippen molar-refractivity contribution >= 4 is 5.91 Å². The lowest BCUT2D eigenvalue weighted by Crippen LogP contribution is -2.26. The van der Waals surface area contributed by atoms with Crippen molar-refractivity contribution in [2.45, 2.75) is 25.8 Å². The Morgan fingerprint density at radius 3 is 2.89 bits per heavy atom. The SMILES string of the molecule is COc1cccc(-n2cc(CN(C)C(=O)c3ccc4c(c3)CCC4)cn2)c1. The first-order valence-electron chi connectivity index (χ1n) is 9.19. The molecule has 0 N–H and O–H groups in total. The number of amides is 1. The second-order valence-corrected chi connectivity index (χ2v) is 6.99. The Morgan fingerprint density at radius 2 is 2.04 bits per heavy atom. The van der Waals surface area contributed by atoms with Crippen molar-refractivity contribution in [3.8, 4) is 11.4 Å². The molecule has 2 aromatic carbocycles. The molecule has 0 fully saturated rings. The first-order chi connectivity index (χ1) is 13.1. The van der Waals surface area contributed by atoms with E-state index in [9.17, 15) is 4.79 Å². The fourth-order valence-electron chi connectivity index (χ4n) is 3.61. The summed E-state index contributed by atoms with van der Waals surface area (Å²) in [5, 5.41) is 4.42. The summed E-state index contributed by atoms with van der Waals surface area (Å²) in [5.41, 5.74) is 5.37. The second kappa shape index (κ2) is 7.27. The third-order valence-electron chi connectivity index (χ3n) is 5.07. The molecule has 138 valence electrons. The molecule has 27 heavy (non-hydrogen) atoms. The van der Waals surface area contributed by atoms with E-state index in [1.165, 1.54) is 17.5 Å². The van der Waals surface area contributed by atoms with Gasteiger partial charge in [-0.25, -0.2) is 4.68 Å². The van der Waals surface area contributed by atoms with Crippen molar-refractivity contribution < 1.29 is 9.53 Å². The van der Waals surface area contributed by atoms with Gasteiger partial charge in [-0.15, -0.1) is 0 Å². The van der Waals surface area contributed by atoms with Crippen LogP contribution in [0.3, 0.4) is 0 Å². The van der Waals surface area contributed by atoms with Gasteiger partial charge in [-0.3, -0.25) is 4.79 Å². The average molecular weight is 361 g/mol. The molecule has 0 radical (unpaired) electrons. The molecule has 3 aromatic rings. The summed E-state index contributed by atoms with van der Waals surface area (Å²) in [4.78, 5) is 14.5. The Labute approximate surface area is 159 Å². The molecular formula is C22H23N3O2. The minimum atomic E-state index is 0.0406. The molecule has 0 atom stereocenters. The molecule has 0 bridgehead atoms. The molecule has 0 saturated heterocycles. The van der Waals surface area contributed by atoms with Gasteiger partial charge < -0.3 is 9.64 Å². The first kappa shape index (κ1) is 17.3. The number of fused-ring (bicyclic) bond motifs is 1. The summed E-state index contributed by atoms with van der Waals surface area (Å²) < 4.78 is 7.06. The molecule has 0 spiro atoms. The number of aromatic nitrogens is 2. The molecule has 1 aliphatic carbocycles. The predicted molar refractivity (Wildman–Crippen MR) is 104 cm³/mol. The van der Waals surface area contributed by atoms with Crippen LogP contribution in [0.2, 0.25) is 0 Å². The third kappa shape index (κ3) is 3.58. The van der Waals surface area contributed by atoms with Gasteiger partial charge in [0.15, 0.2) is 0 Å². The van der Waals surface area contributed by atoms with Gasteiger partial charge >= 0.3 is 0 Å². The van der Waals surface area contributed by atoms with Gasteiger partial charge in [0.2, 0.25) is 0 Å². The summed E-state index contributed by atoms with van der Waals surface area (Å²) >= 11 is 0. The minimum absolute atomic E-state index is 0.0406. The Hall–Kier alpha value is -3.08. The van der Waals surface area contributed by atoms with Gasteiger partial charge in [-0.1, -0.05) is 12.1 Å². The molecule has 5 heteroatoms. The normalized spacial score (nSPS) is 12.7. The maximum Gasteiger partial charge on any atom is 0.253 e. The summed E-state index contributed by atoms with van der Waals surface area (Å²) in [6.45, 7) is 0.514. The Balaban J connectivity index is 1.47. The number of hydrogen-bond acceptors (Lipinski definition) is 3. The lowest BCUT2D eigenvalue weighted by atomic mass is 10.1. The lowest BCUT2D eigenvalue weighted by molar-refractivity contribution is 0.0785. The number of benzene rings is 2. The molecule has 1 amide bonds. The van der Waals surface area contributed by atoms with E-state index in [4.69, 9.17) is 4.74 Å². The number of methoxy groups -OCH3 is 1. The number of carbonyl (C=O) groups is 1. The van der Waals surface area contributed by atoms with E-state index in [0.29, 0.717) is 6.54 Å². The summed E-state index contributed by atoms with van der Waals surface area (Å²) in [7, 11) is 3.48. The van der Waals surface area contributed by atoms with Crippen LogP contribution in [0.1, 0.15) is 33.5 Å². The smallest absolute Gasteiger partial charge is 0.253 e. The highest BCUT2D eigenvalue weighted by Crippen LogP contribution is 2.23. The fourth-order valence-corrected chi connectivity index (χ4v) is 3.61. The molecule has 0 aliphatic heterocycles. The minimum Gasteiger partial charge on any atom is -0.497 e. The number of aryl methyl sites for hydroxylation is 2. The van der Waals surface area contributed by atoms with Crippen molar-refractivity contribution in [1.29, 1.82) is 0 Å². The van der Waals surface area contributed by atoms with Crippen molar-refractivity contribution in [3.63, 3.8) is 0 Å². The van der Waals surface area contributed by atoms with Crippen LogP contribution >= 0.6 is 0 Å². The van der Waals surface area contributed by atoms with Crippen LogP contribution in [-0.4, -0.2) is 34.7 Å². The van der Waals surface area contributed by atoms with Crippen LogP contribution in [0.4, 0.5) is 0 Å². The van der Waals surface area contributed by atoms with Crippen molar-refractivity contribution in [2.75, 3.05) is 14.2 Å². The zero-order valence-electron chi connectivity index (χ0n) is 15.7. The van der Waals surface area contributed by atoms with E-state index in [0.717, 1.165) is 35.4 Å². The quantitative estimate of drug-likeness (QED) is 0.697. The van der Waals surface area contributed by atoms with Gasteiger partial charge in [-0.2, -0.15) is 5.10 Å². The Kier molecular flexibility index (Phi) is 4.67. The molecular weight excluding hydrogens is 338 g/mol. The Morgan fingerprint density at radius 1 is 1.19 bits per heavy atom. The molecule has 1 aliphatic rings. The van der Waals surface area contributed by atoms with Gasteiger partial charge in [0.25, 0.3) is 5.91 Å². The molecule has 1 aromatic heterocycles. The van der Waals surface area contributed by atoms with Gasteiger partial charge in [0.05, 0.1) is 19.0 Å². The fraction of sp³-hybridized carbons (Fsp3) is 0.273. The average Bonchev–Trinajstić information content (AvgIpc) is 3.36. The molecule has 1 heterocycles. The zero-order valence-corrected chi connectivity index (χ0v) is 15.7. The van der Waals surface area contributed by atoms with E-state index in [1.807, 2.05) is 43.6 Å². The summed E-state index contributed by atoms with van der Waals surface area (Å²) in [5.74, 6) is 0.826. The highest BCUT2D eigenvalue weighted by Gasteiger charge is 2.17. The standard InChI is InChI=1S/C22H23N3O2/c1-24(22(26)19-10-9-17-5-3-6-18(17)11-19)14-16-13-23-25(15-16)20-7-4-8-21(12-20)27-2/h4,7-13,15H,3,5-6,14H2,1-2H3. The van der Waals surface area contributed by atoms with Gasteiger partial charge in [-0.05, 0) is 54.7 Å². The molecule has 4 rings (SSSR count).